The summed E-state index contributed by atoms with van der Waals surface area (Å²) in [7, 11) is 0. The lowest BCUT2D eigenvalue weighted by atomic mass is 9.89. The minimum absolute atomic E-state index is 0.0167. The fraction of sp³-hybridized carbons (Fsp3) is 0.360. The number of nitrogens with zero attached hydrogens (tertiary/aromatic N) is 1. The van der Waals surface area contributed by atoms with E-state index in [2.05, 4.69) is 5.32 Å². The molecular formula is C25H30N2O3S. The molecule has 3 rings (SSSR count). The number of thiocarbonyl (C=S) groups is 1. The van der Waals surface area contributed by atoms with E-state index in [-0.39, 0.29) is 17.9 Å². The highest BCUT2D eigenvalue weighted by Crippen LogP contribution is 2.37. The Kier molecular flexibility index (Phi) is 7.33. The molecule has 164 valence electrons. The Labute approximate surface area is 190 Å². The van der Waals surface area contributed by atoms with Crippen molar-refractivity contribution < 1.29 is 14.3 Å². The van der Waals surface area contributed by atoms with Gasteiger partial charge in [0.15, 0.2) is 22.4 Å². The van der Waals surface area contributed by atoms with Gasteiger partial charge in [0, 0.05) is 23.4 Å². The molecule has 1 N–H and O–H groups in total. The lowest BCUT2D eigenvalue weighted by Gasteiger charge is -2.37. The van der Waals surface area contributed by atoms with Crippen LogP contribution in [0.5, 0.6) is 11.5 Å². The van der Waals surface area contributed by atoms with Crippen LogP contribution in [-0.2, 0) is 0 Å². The fourth-order valence-electron chi connectivity index (χ4n) is 3.78. The van der Waals surface area contributed by atoms with Crippen molar-refractivity contribution in [3.63, 3.8) is 0 Å². The number of hydrogen-bond acceptors (Lipinski definition) is 4. The zero-order chi connectivity index (χ0) is 22.5. The van der Waals surface area contributed by atoms with Crippen LogP contribution in [0.15, 0.2) is 59.8 Å². The normalized spacial score (nSPS) is 16.4. The molecule has 1 heterocycles. The molecule has 6 heteroatoms. The number of Topliss-reactive ketones (excluding diaryl/α,β-unsaturated/α-hetero) is 1. The van der Waals surface area contributed by atoms with Crippen molar-refractivity contribution in [2.75, 3.05) is 13.2 Å². The molecule has 0 spiro atoms. The average molecular weight is 439 g/mol. The van der Waals surface area contributed by atoms with Crippen molar-refractivity contribution in [1.82, 2.24) is 10.2 Å². The zero-order valence-corrected chi connectivity index (χ0v) is 19.6. The predicted octanol–water partition coefficient (Wildman–Crippen LogP) is 5.28. The Morgan fingerprint density at radius 2 is 1.84 bits per heavy atom. The molecule has 0 bridgehead atoms. The topological polar surface area (TPSA) is 50.8 Å². The summed E-state index contributed by atoms with van der Waals surface area (Å²) in [5.74, 6) is 1.33. The van der Waals surface area contributed by atoms with E-state index in [0.29, 0.717) is 40.9 Å². The first kappa shape index (κ1) is 22.8. The largest absolute Gasteiger partial charge is 0.490 e. The molecule has 1 atom stereocenters. The molecular weight excluding hydrogens is 408 g/mol. The predicted molar refractivity (Wildman–Crippen MR) is 128 cm³/mol. The third-order valence-corrected chi connectivity index (χ3v) is 5.49. The van der Waals surface area contributed by atoms with Gasteiger partial charge < -0.3 is 19.7 Å². The number of ketones is 1. The molecule has 2 aromatic rings. The van der Waals surface area contributed by atoms with Gasteiger partial charge in [-0.2, -0.15) is 0 Å². The number of hydrogen-bond donors (Lipinski definition) is 1. The van der Waals surface area contributed by atoms with E-state index in [1.165, 1.54) is 0 Å². The summed E-state index contributed by atoms with van der Waals surface area (Å²) in [6.07, 6.45) is 0.0286. The molecule has 5 nitrogen and oxygen atoms in total. The molecule has 1 unspecified atom stereocenters. The lowest BCUT2D eigenvalue weighted by Crippen LogP contribution is -2.47. The van der Waals surface area contributed by atoms with Gasteiger partial charge in [0.2, 0.25) is 0 Å². The van der Waals surface area contributed by atoms with Gasteiger partial charge in [-0.1, -0.05) is 36.4 Å². The second-order valence-electron chi connectivity index (χ2n) is 7.63. The minimum atomic E-state index is -0.379. The van der Waals surface area contributed by atoms with E-state index in [1.807, 2.05) is 88.0 Å². The van der Waals surface area contributed by atoms with Crippen LogP contribution in [-0.4, -0.2) is 35.1 Å². The Hall–Kier alpha value is -2.86. The maximum absolute atomic E-state index is 13.6. The van der Waals surface area contributed by atoms with E-state index in [0.717, 1.165) is 11.3 Å². The molecule has 0 saturated heterocycles. The molecule has 0 aliphatic carbocycles. The molecule has 2 aromatic carbocycles. The van der Waals surface area contributed by atoms with Crippen LogP contribution in [0, 0.1) is 0 Å². The van der Waals surface area contributed by atoms with Crippen molar-refractivity contribution >= 4 is 23.1 Å². The first-order valence-electron chi connectivity index (χ1n) is 10.7. The first-order valence-corrected chi connectivity index (χ1v) is 11.1. The van der Waals surface area contributed by atoms with Crippen LogP contribution in [0.25, 0.3) is 0 Å². The molecule has 1 aliphatic rings. The Bertz CT molecular complexity index is 986. The van der Waals surface area contributed by atoms with E-state index in [9.17, 15) is 4.79 Å². The monoisotopic (exact) mass is 438 g/mol. The van der Waals surface area contributed by atoms with Crippen LogP contribution in [0.3, 0.4) is 0 Å². The summed E-state index contributed by atoms with van der Waals surface area (Å²) in [5.41, 5.74) is 3.10. The fourth-order valence-corrected chi connectivity index (χ4v) is 4.16. The van der Waals surface area contributed by atoms with Crippen molar-refractivity contribution in [2.24, 2.45) is 0 Å². The van der Waals surface area contributed by atoms with Crippen molar-refractivity contribution in [3.05, 3.63) is 70.9 Å². The third kappa shape index (κ3) is 4.90. The van der Waals surface area contributed by atoms with Gasteiger partial charge in [0.05, 0.1) is 18.8 Å². The smallest absolute Gasteiger partial charge is 0.193 e. The summed E-state index contributed by atoms with van der Waals surface area (Å²) in [6.45, 7) is 11.1. The maximum atomic E-state index is 13.6. The summed E-state index contributed by atoms with van der Waals surface area (Å²) in [4.78, 5) is 15.5. The number of benzene rings is 2. The molecule has 1 aliphatic heterocycles. The van der Waals surface area contributed by atoms with E-state index in [4.69, 9.17) is 21.7 Å². The molecule has 0 aromatic heterocycles. The van der Waals surface area contributed by atoms with Crippen LogP contribution in [0.4, 0.5) is 0 Å². The summed E-state index contributed by atoms with van der Waals surface area (Å²) >= 11 is 5.62. The van der Waals surface area contributed by atoms with Crippen LogP contribution in [0.2, 0.25) is 0 Å². The lowest BCUT2D eigenvalue weighted by molar-refractivity contribution is 0.102. The molecule has 0 amide bonds. The first-order chi connectivity index (χ1) is 14.9. The number of ether oxygens (including phenoxy) is 2. The average Bonchev–Trinajstić information content (AvgIpc) is 2.75. The Morgan fingerprint density at radius 1 is 1.13 bits per heavy atom. The number of nitrogens with one attached hydrogen (secondary N) is 1. The highest BCUT2D eigenvalue weighted by atomic mass is 32.1. The van der Waals surface area contributed by atoms with Crippen LogP contribution in [0.1, 0.15) is 56.6 Å². The van der Waals surface area contributed by atoms with Crippen molar-refractivity contribution in [1.29, 1.82) is 0 Å². The molecule has 0 saturated carbocycles. The molecule has 0 fully saturated rings. The second-order valence-corrected chi connectivity index (χ2v) is 8.01. The highest BCUT2D eigenvalue weighted by molar-refractivity contribution is 7.80. The van der Waals surface area contributed by atoms with Gasteiger partial charge >= 0.3 is 0 Å². The quantitative estimate of drug-likeness (QED) is 0.447. The summed E-state index contributed by atoms with van der Waals surface area (Å²) in [6, 6.07) is 14.8. The Balaban J connectivity index is 2.11. The summed E-state index contributed by atoms with van der Waals surface area (Å²) < 4.78 is 11.8. The number of allylic oxidation sites excluding steroid dienone is 1. The van der Waals surface area contributed by atoms with Gasteiger partial charge in [-0.05, 0) is 64.5 Å². The Morgan fingerprint density at radius 3 is 2.45 bits per heavy atom. The van der Waals surface area contributed by atoms with Gasteiger partial charge in [-0.15, -0.1) is 0 Å². The van der Waals surface area contributed by atoms with Crippen LogP contribution < -0.4 is 14.8 Å². The van der Waals surface area contributed by atoms with Gasteiger partial charge in [0.1, 0.15) is 0 Å². The zero-order valence-electron chi connectivity index (χ0n) is 18.8. The third-order valence-electron chi connectivity index (χ3n) is 5.16. The van der Waals surface area contributed by atoms with E-state index < -0.39 is 0 Å². The van der Waals surface area contributed by atoms with Crippen molar-refractivity contribution in [3.8, 4) is 11.5 Å². The maximum Gasteiger partial charge on any atom is 0.193 e. The molecule has 31 heavy (non-hydrogen) atoms. The van der Waals surface area contributed by atoms with Gasteiger partial charge in [-0.3, -0.25) is 4.79 Å². The minimum Gasteiger partial charge on any atom is -0.490 e. The number of carbonyl (C=O) groups is 1. The molecule has 0 radical (unpaired) electrons. The van der Waals surface area contributed by atoms with Gasteiger partial charge in [0.25, 0.3) is 0 Å². The second kappa shape index (κ2) is 9.96. The van der Waals surface area contributed by atoms with Crippen molar-refractivity contribution in [2.45, 2.75) is 46.8 Å². The van der Waals surface area contributed by atoms with Crippen LogP contribution >= 0.6 is 12.2 Å². The number of carbonyl (C=O) groups excluding carboxylic acids is 1. The highest BCUT2D eigenvalue weighted by Gasteiger charge is 2.34. The SMILES string of the molecule is CCOc1cc(C2NC(=S)N(CC)C(C)=C2C(=O)c2ccccc2)ccc1OC(C)C. The summed E-state index contributed by atoms with van der Waals surface area (Å²) in [5, 5.41) is 3.98. The number of rotatable bonds is 8. The standard InChI is InChI=1S/C25H30N2O3S/c1-6-27-17(5)22(24(28)18-11-9-8-10-12-18)23(26-25(27)31)19-13-14-20(30-16(3)4)21(15-19)29-7-2/h8-16,23H,6-7H2,1-5H3,(H,26,31). The van der Waals surface area contributed by atoms with Gasteiger partial charge in [-0.25, -0.2) is 0 Å². The van der Waals surface area contributed by atoms with E-state index >= 15 is 0 Å². The van der Waals surface area contributed by atoms with E-state index in [1.54, 1.807) is 0 Å².